The molecular formula is C41H34N2OS+2. The molecule has 4 atom stereocenters. The predicted molar refractivity (Wildman–Crippen MR) is 183 cm³/mol. The molecule has 3 nitrogen and oxygen atoms in total. The van der Waals surface area contributed by atoms with Crippen LogP contribution in [0.4, 0.5) is 0 Å². The monoisotopic (exact) mass is 602 g/mol. The topological polar surface area (TPSA) is 20.9 Å². The number of furan rings is 1. The van der Waals surface area contributed by atoms with Crippen LogP contribution in [0.15, 0.2) is 102 Å². The van der Waals surface area contributed by atoms with Crippen molar-refractivity contribution in [1.29, 1.82) is 0 Å². The minimum atomic E-state index is -0.190. The van der Waals surface area contributed by atoms with Crippen LogP contribution >= 0.6 is 11.3 Å². The molecule has 7 aromatic rings. The van der Waals surface area contributed by atoms with E-state index in [1.54, 1.807) is 11.3 Å². The van der Waals surface area contributed by atoms with Gasteiger partial charge in [0.1, 0.15) is 23.0 Å². The number of hydrogen-bond donors (Lipinski definition) is 0. The lowest BCUT2D eigenvalue weighted by molar-refractivity contribution is -0.837. The van der Waals surface area contributed by atoms with Gasteiger partial charge in [-0.05, 0) is 80.1 Å². The Morgan fingerprint density at radius 2 is 1.64 bits per heavy atom. The number of allylic oxidation sites excluding steroid dienone is 1. The summed E-state index contributed by atoms with van der Waals surface area (Å²) in [6, 6.07) is 25.8. The van der Waals surface area contributed by atoms with E-state index in [0.29, 0.717) is 12.0 Å². The highest BCUT2D eigenvalue weighted by atomic mass is 32.1. The van der Waals surface area contributed by atoms with E-state index < -0.39 is 0 Å². The van der Waals surface area contributed by atoms with E-state index in [0.717, 1.165) is 17.6 Å². The Labute approximate surface area is 266 Å². The van der Waals surface area contributed by atoms with Crippen molar-refractivity contribution in [1.82, 2.24) is 0 Å². The van der Waals surface area contributed by atoms with Crippen LogP contribution in [0.2, 0.25) is 0 Å². The van der Waals surface area contributed by atoms with Crippen molar-refractivity contribution in [2.75, 3.05) is 0 Å². The molecule has 218 valence electrons. The summed E-state index contributed by atoms with van der Waals surface area (Å²) in [6.07, 6.45) is 7.98. The van der Waals surface area contributed by atoms with Gasteiger partial charge in [0.15, 0.2) is 24.0 Å². The second kappa shape index (κ2) is 8.58. The van der Waals surface area contributed by atoms with Gasteiger partial charge in [-0.3, -0.25) is 0 Å². The second-order valence-corrected chi connectivity index (χ2v) is 14.7. The normalized spacial score (nSPS) is 22.5. The number of fused-ring (bicyclic) bond motifs is 17. The van der Waals surface area contributed by atoms with Gasteiger partial charge in [-0.25, -0.2) is 0 Å². The quantitative estimate of drug-likeness (QED) is 0.135. The number of pyridine rings is 2. The zero-order valence-corrected chi connectivity index (χ0v) is 26.8. The van der Waals surface area contributed by atoms with Gasteiger partial charge in [-0.15, -0.1) is 17.9 Å². The molecule has 1 fully saturated rings. The maximum Gasteiger partial charge on any atom is 0.217 e. The average Bonchev–Trinajstić information content (AvgIpc) is 3.65. The molecule has 0 saturated heterocycles. The second-order valence-electron chi connectivity index (χ2n) is 13.7. The molecule has 2 aliphatic heterocycles. The number of thiophene rings is 1. The third kappa shape index (κ3) is 3.06. The summed E-state index contributed by atoms with van der Waals surface area (Å²) >= 11 is 1.77. The van der Waals surface area contributed by atoms with Crippen LogP contribution < -0.4 is 9.13 Å². The maximum absolute atomic E-state index is 6.93. The first-order chi connectivity index (χ1) is 21.9. The average molecular weight is 603 g/mol. The van der Waals surface area contributed by atoms with Crippen molar-refractivity contribution in [3.63, 3.8) is 0 Å². The van der Waals surface area contributed by atoms with Gasteiger partial charge in [0, 0.05) is 50.5 Å². The highest BCUT2D eigenvalue weighted by molar-refractivity contribution is 7.17. The molecule has 1 spiro atoms. The van der Waals surface area contributed by atoms with Gasteiger partial charge in [0.25, 0.3) is 0 Å². The van der Waals surface area contributed by atoms with Crippen LogP contribution in [-0.4, -0.2) is 0 Å². The minimum absolute atomic E-state index is 0.190. The first kappa shape index (κ1) is 25.8. The molecule has 1 aliphatic carbocycles. The van der Waals surface area contributed by atoms with E-state index in [-0.39, 0.29) is 11.5 Å². The first-order valence-corrected chi connectivity index (χ1v) is 16.9. The fourth-order valence-corrected chi connectivity index (χ4v) is 10.1. The molecule has 4 heteroatoms. The molecule has 0 amide bonds. The third-order valence-corrected chi connectivity index (χ3v) is 12.3. The van der Waals surface area contributed by atoms with E-state index in [2.05, 4.69) is 134 Å². The molecule has 4 unspecified atom stereocenters. The summed E-state index contributed by atoms with van der Waals surface area (Å²) in [5, 5.41) is 5.76. The van der Waals surface area contributed by atoms with Crippen LogP contribution in [0.25, 0.3) is 54.5 Å². The summed E-state index contributed by atoms with van der Waals surface area (Å²) in [7, 11) is 0. The molecule has 3 aromatic carbocycles. The van der Waals surface area contributed by atoms with E-state index in [4.69, 9.17) is 4.42 Å². The number of aryl methyl sites for hydroxylation is 4. The smallest absolute Gasteiger partial charge is 0.217 e. The molecule has 1 saturated carbocycles. The summed E-state index contributed by atoms with van der Waals surface area (Å²) < 4.78 is 13.4. The number of rotatable bonds is 1. The maximum atomic E-state index is 6.93. The number of benzene rings is 3. The Hall–Kier alpha value is -4.54. The van der Waals surface area contributed by atoms with Crippen LogP contribution in [0.3, 0.4) is 0 Å². The zero-order valence-electron chi connectivity index (χ0n) is 26.0. The van der Waals surface area contributed by atoms with Gasteiger partial charge < -0.3 is 4.42 Å². The lowest BCUT2D eigenvalue weighted by atomic mass is 9.48. The SMILES string of the molecule is C=CC1C2C(c3cc(C)ccc3-c3ccc(C)c[n+]32)C12Cc1ccc3c(oc4c5ccsc5ccc34)c1-c1cc(C)c(C)c[n+]12. The Morgan fingerprint density at radius 3 is 2.51 bits per heavy atom. The van der Waals surface area contributed by atoms with Gasteiger partial charge in [0.2, 0.25) is 11.4 Å². The number of nitrogens with zero attached hydrogens (tertiary/aromatic N) is 2. The van der Waals surface area contributed by atoms with E-state index in [1.165, 1.54) is 76.8 Å². The molecule has 0 radical (unpaired) electrons. The molecule has 3 aliphatic rings. The summed E-state index contributed by atoms with van der Waals surface area (Å²) in [6.45, 7) is 13.5. The van der Waals surface area contributed by atoms with Crippen LogP contribution in [-0.2, 0) is 12.0 Å². The highest BCUT2D eigenvalue weighted by Gasteiger charge is 2.76. The van der Waals surface area contributed by atoms with E-state index in [1.807, 2.05) is 0 Å². The van der Waals surface area contributed by atoms with Gasteiger partial charge >= 0.3 is 0 Å². The first-order valence-electron chi connectivity index (χ1n) is 16.0. The molecular weight excluding hydrogens is 569 g/mol. The van der Waals surface area contributed by atoms with Crippen molar-refractivity contribution in [3.8, 4) is 22.5 Å². The largest absolute Gasteiger partial charge is 0.454 e. The molecule has 4 aromatic heterocycles. The van der Waals surface area contributed by atoms with Crippen molar-refractivity contribution in [3.05, 3.63) is 131 Å². The fraction of sp³-hybridized carbons (Fsp3) is 0.220. The number of aromatic nitrogens is 2. The Morgan fingerprint density at radius 1 is 0.822 bits per heavy atom. The molecule has 0 bridgehead atoms. The number of hydrogen-bond acceptors (Lipinski definition) is 2. The van der Waals surface area contributed by atoms with E-state index in [9.17, 15) is 0 Å². The zero-order chi connectivity index (χ0) is 30.4. The van der Waals surface area contributed by atoms with Crippen molar-refractivity contribution in [2.45, 2.75) is 51.6 Å². The van der Waals surface area contributed by atoms with Crippen LogP contribution in [0.5, 0.6) is 0 Å². The highest BCUT2D eigenvalue weighted by Crippen LogP contribution is 2.64. The van der Waals surface area contributed by atoms with Gasteiger partial charge in [0.05, 0.1) is 11.1 Å². The van der Waals surface area contributed by atoms with E-state index >= 15 is 0 Å². The Balaban J connectivity index is 1.29. The lowest BCUT2D eigenvalue weighted by Gasteiger charge is -2.56. The summed E-state index contributed by atoms with van der Waals surface area (Å²) in [4.78, 5) is 0. The molecule has 10 rings (SSSR count). The minimum Gasteiger partial charge on any atom is -0.454 e. The predicted octanol–water partition coefficient (Wildman–Crippen LogP) is 9.35. The Bertz CT molecular complexity index is 2460. The van der Waals surface area contributed by atoms with Crippen molar-refractivity contribution in [2.24, 2.45) is 5.92 Å². The van der Waals surface area contributed by atoms with Gasteiger partial charge in [-0.2, -0.15) is 9.13 Å². The molecule has 45 heavy (non-hydrogen) atoms. The summed E-state index contributed by atoms with van der Waals surface area (Å²) in [5.74, 6) is 0.544. The fourth-order valence-electron chi connectivity index (χ4n) is 9.32. The van der Waals surface area contributed by atoms with Crippen molar-refractivity contribution >= 4 is 43.4 Å². The Kier molecular flexibility index (Phi) is 4.91. The molecule has 0 N–H and O–H groups in total. The standard InChI is InChI=1S/C41H34N2OS/c1-6-32-38-37(31-17-22(2)7-10-27(31)33-13-8-23(3)20-42(33)38)41(32)19-26-9-11-29-28-12-14-35-30(15-16-45-35)39(28)44-40(29)36(26)34-18-24(4)25(5)21-43(34)41/h6-18,20-21,32,37-38H,1,19H2,2-5H3/q+2. The van der Waals surface area contributed by atoms with Crippen molar-refractivity contribution < 1.29 is 13.6 Å². The lowest BCUT2D eigenvalue weighted by Crippen LogP contribution is -2.80. The van der Waals surface area contributed by atoms with Crippen LogP contribution in [0, 0.1) is 33.6 Å². The van der Waals surface area contributed by atoms with Crippen LogP contribution in [0.1, 0.15) is 45.3 Å². The van der Waals surface area contributed by atoms with Gasteiger partial charge in [-0.1, -0.05) is 35.9 Å². The molecule has 6 heterocycles. The third-order valence-electron chi connectivity index (χ3n) is 11.4. The summed E-state index contributed by atoms with van der Waals surface area (Å²) in [5.41, 5.74) is 15.0.